The van der Waals surface area contributed by atoms with Crippen LogP contribution in [-0.2, 0) is 10.5 Å². The second-order valence-electron chi connectivity index (χ2n) is 6.55. The van der Waals surface area contributed by atoms with E-state index in [1.54, 1.807) is 19.1 Å². The van der Waals surface area contributed by atoms with E-state index in [0.717, 1.165) is 27.6 Å². The third-order valence-electron chi connectivity index (χ3n) is 4.33. The Bertz CT molecular complexity index is 1070. The lowest BCUT2D eigenvalue weighted by molar-refractivity contribution is -0.113. The molecular weight excluding hydrogens is 365 g/mol. The van der Waals surface area contributed by atoms with E-state index >= 15 is 0 Å². The summed E-state index contributed by atoms with van der Waals surface area (Å²) in [7, 11) is 0. The Balaban J connectivity index is 1.69. The van der Waals surface area contributed by atoms with Crippen LogP contribution in [0.3, 0.4) is 0 Å². The van der Waals surface area contributed by atoms with Crippen molar-refractivity contribution in [3.05, 3.63) is 74.9 Å². The molecule has 0 spiro atoms. The largest absolute Gasteiger partial charge is 0.423 e. The number of amides is 1. The molecule has 0 bridgehead atoms. The second kappa shape index (κ2) is 7.96. The van der Waals surface area contributed by atoms with Gasteiger partial charge in [-0.3, -0.25) is 4.79 Å². The number of benzene rings is 2. The van der Waals surface area contributed by atoms with Crippen LogP contribution in [0.2, 0.25) is 0 Å². The van der Waals surface area contributed by atoms with Gasteiger partial charge in [0.05, 0.1) is 11.4 Å². The number of thioether (sulfide) groups is 1. The maximum absolute atomic E-state index is 13.8. The molecule has 0 saturated carbocycles. The number of carbonyl (C=O) groups excluding carboxylic acids is 1. The van der Waals surface area contributed by atoms with Gasteiger partial charge < -0.3 is 9.73 Å². The maximum atomic E-state index is 13.8. The summed E-state index contributed by atoms with van der Waals surface area (Å²) in [6, 6.07) is 9.97. The standard InChI is InChI=1S/C21H20FNO3S/c1-12-4-5-18(17(22)6-12)23-20(24)11-27-10-15-9-21(25)26-19-8-14(3)13(2)7-16(15)19/h4-9H,10-11H2,1-3H3,(H,23,24). The van der Waals surface area contributed by atoms with Gasteiger partial charge in [0.15, 0.2) is 0 Å². The van der Waals surface area contributed by atoms with E-state index in [4.69, 9.17) is 4.42 Å². The molecule has 3 rings (SSSR count). The van der Waals surface area contributed by atoms with Crippen molar-refractivity contribution in [2.24, 2.45) is 0 Å². The van der Waals surface area contributed by atoms with Gasteiger partial charge in [-0.1, -0.05) is 6.07 Å². The SMILES string of the molecule is Cc1ccc(NC(=O)CSCc2cc(=O)oc3cc(C)c(C)cc23)c(F)c1. The zero-order chi connectivity index (χ0) is 19.6. The number of halogens is 1. The van der Waals surface area contributed by atoms with Gasteiger partial charge in [-0.2, -0.15) is 0 Å². The first kappa shape index (κ1) is 19.2. The van der Waals surface area contributed by atoms with Gasteiger partial charge in [-0.15, -0.1) is 11.8 Å². The number of nitrogens with one attached hydrogen (secondary N) is 1. The summed E-state index contributed by atoms with van der Waals surface area (Å²) in [5, 5.41) is 3.44. The average Bonchev–Trinajstić information content (AvgIpc) is 2.59. The van der Waals surface area contributed by atoms with Crippen LogP contribution in [0.1, 0.15) is 22.3 Å². The summed E-state index contributed by atoms with van der Waals surface area (Å²) < 4.78 is 19.1. The van der Waals surface area contributed by atoms with Gasteiger partial charge >= 0.3 is 5.63 Å². The molecule has 0 atom stereocenters. The molecule has 0 unspecified atom stereocenters. The molecule has 0 aliphatic rings. The first-order valence-corrected chi connectivity index (χ1v) is 9.66. The minimum Gasteiger partial charge on any atom is -0.423 e. The predicted octanol–water partition coefficient (Wildman–Crippen LogP) is 4.73. The van der Waals surface area contributed by atoms with E-state index in [-0.39, 0.29) is 17.3 Å². The molecule has 0 aliphatic heterocycles. The summed E-state index contributed by atoms with van der Waals surface area (Å²) in [6.45, 7) is 5.75. The topological polar surface area (TPSA) is 59.3 Å². The molecule has 0 fully saturated rings. The van der Waals surface area contributed by atoms with E-state index in [1.807, 2.05) is 26.0 Å². The van der Waals surface area contributed by atoms with Crippen molar-refractivity contribution in [2.45, 2.75) is 26.5 Å². The van der Waals surface area contributed by atoms with Gasteiger partial charge in [0, 0.05) is 17.2 Å². The van der Waals surface area contributed by atoms with Crippen LogP contribution in [0.5, 0.6) is 0 Å². The second-order valence-corrected chi connectivity index (χ2v) is 7.53. The summed E-state index contributed by atoms with van der Waals surface area (Å²) in [6.07, 6.45) is 0. The van der Waals surface area contributed by atoms with Crippen LogP contribution < -0.4 is 10.9 Å². The van der Waals surface area contributed by atoms with Gasteiger partial charge in [0.1, 0.15) is 11.4 Å². The molecule has 3 aromatic rings. The van der Waals surface area contributed by atoms with Crippen molar-refractivity contribution >= 4 is 34.3 Å². The van der Waals surface area contributed by atoms with Crippen LogP contribution in [0.15, 0.2) is 45.6 Å². The first-order chi connectivity index (χ1) is 12.8. The summed E-state index contributed by atoms with van der Waals surface area (Å²) in [4.78, 5) is 23.9. The van der Waals surface area contributed by atoms with Crippen molar-refractivity contribution in [3.63, 3.8) is 0 Å². The Hall–Kier alpha value is -2.60. The highest BCUT2D eigenvalue weighted by molar-refractivity contribution is 7.99. The molecular formula is C21H20FNO3S. The highest BCUT2D eigenvalue weighted by Crippen LogP contribution is 2.25. The molecule has 2 aromatic carbocycles. The van der Waals surface area contributed by atoms with Crippen molar-refractivity contribution in [1.29, 1.82) is 0 Å². The monoisotopic (exact) mass is 385 g/mol. The molecule has 1 aromatic heterocycles. The molecule has 1 amide bonds. The molecule has 27 heavy (non-hydrogen) atoms. The van der Waals surface area contributed by atoms with Gasteiger partial charge in [0.2, 0.25) is 5.91 Å². The molecule has 1 heterocycles. The molecule has 6 heteroatoms. The van der Waals surface area contributed by atoms with Crippen molar-refractivity contribution in [3.8, 4) is 0 Å². The minimum atomic E-state index is -0.453. The Labute approximate surface area is 160 Å². The third-order valence-corrected chi connectivity index (χ3v) is 5.32. The zero-order valence-electron chi connectivity index (χ0n) is 15.4. The summed E-state index contributed by atoms with van der Waals surface area (Å²) in [5.41, 5.74) is 4.08. The lowest BCUT2D eigenvalue weighted by Crippen LogP contribution is -2.15. The molecule has 1 N–H and O–H groups in total. The van der Waals surface area contributed by atoms with E-state index < -0.39 is 11.4 Å². The van der Waals surface area contributed by atoms with Crippen LogP contribution in [0, 0.1) is 26.6 Å². The Morgan fingerprint density at radius 1 is 1.11 bits per heavy atom. The molecule has 0 aliphatic carbocycles. The molecule has 0 saturated heterocycles. The summed E-state index contributed by atoms with van der Waals surface area (Å²) >= 11 is 1.36. The van der Waals surface area contributed by atoms with Crippen LogP contribution in [0.25, 0.3) is 11.0 Å². The van der Waals surface area contributed by atoms with Crippen molar-refractivity contribution < 1.29 is 13.6 Å². The van der Waals surface area contributed by atoms with Gasteiger partial charge in [-0.05, 0) is 67.3 Å². The number of anilines is 1. The number of fused-ring (bicyclic) bond motifs is 1. The maximum Gasteiger partial charge on any atom is 0.336 e. The fourth-order valence-electron chi connectivity index (χ4n) is 2.76. The van der Waals surface area contributed by atoms with Crippen LogP contribution in [0.4, 0.5) is 10.1 Å². The lowest BCUT2D eigenvalue weighted by atomic mass is 10.0. The van der Waals surface area contributed by atoms with E-state index in [9.17, 15) is 14.0 Å². The van der Waals surface area contributed by atoms with Crippen LogP contribution >= 0.6 is 11.8 Å². The number of carbonyl (C=O) groups is 1. The normalized spacial score (nSPS) is 11.0. The zero-order valence-corrected chi connectivity index (χ0v) is 16.2. The highest BCUT2D eigenvalue weighted by atomic mass is 32.2. The fraction of sp³-hybridized carbons (Fsp3) is 0.238. The quantitative estimate of drug-likeness (QED) is 0.645. The first-order valence-electron chi connectivity index (χ1n) is 8.51. The minimum absolute atomic E-state index is 0.153. The molecule has 0 radical (unpaired) electrons. The van der Waals surface area contributed by atoms with Crippen molar-refractivity contribution in [1.82, 2.24) is 0 Å². The summed E-state index contributed by atoms with van der Waals surface area (Å²) in [5.74, 6) is -0.109. The number of hydrogen-bond donors (Lipinski definition) is 1. The van der Waals surface area contributed by atoms with Crippen LogP contribution in [-0.4, -0.2) is 11.7 Å². The predicted molar refractivity (Wildman–Crippen MR) is 108 cm³/mol. The molecule has 4 nitrogen and oxygen atoms in total. The smallest absolute Gasteiger partial charge is 0.336 e. The molecule has 140 valence electrons. The fourth-order valence-corrected chi connectivity index (χ4v) is 3.58. The van der Waals surface area contributed by atoms with Gasteiger partial charge in [0.25, 0.3) is 0 Å². The highest BCUT2D eigenvalue weighted by Gasteiger charge is 2.11. The number of hydrogen-bond acceptors (Lipinski definition) is 4. The average molecular weight is 385 g/mol. The van der Waals surface area contributed by atoms with Crippen molar-refractivity contribution in [2.75, 3.05) is 11.1 Å². The number of aryl methyl sites for hydroxylation is 3. The Morgan fingerprint density at radius 2 is 1.85 bits per heavy atom. The van der Waals surface area contributed by atoms with E-state index in [0.29, 0.717) is 11.3 Å². The lowest BCUT2D eigenvalue weighted by Gasteiger charge is -2.09. The Kier molecular flexibility index (Phi) is 5.65. The third kappa shape index (κ3) is 4.57. The van der Waals surface area contributed by atoms with E-state index in [2.05, 4.69) is 5.32 Å². The Morgan fingerprint density at radius 3 is 2.59 bits per heavy atom. The van der Waals surface area contributed by atoms with Gasteiger partial charge in [-0.25, -0.2) is 9.18 Å². The number of rotatable bonds is 5. The van der Waals surface area contributed by atoms with E-state index in [1.165, 1.54) is 23.9 Å².